The summed E-state index contributed by atoms with van der Waals surface area (Å²) < 4.78 is 0. The normalized spacial score (nSPS) is 13.3. The highest BCUT2D eigenvalue weighted by atomic mass is 32.2. The molecule has 0 unspecified atom stereocenters. The fourth-order valence-corrected chi connectivity index (χ4v) is 2.93. The van der Waals surface area contributed by atoms with Crippen molar-refractivity contribution in [3.8, 4) is 0 Å². The predicted octanol–water partition coefficient (Wildman–Crippen LogP) is 3.75. The zero-order valence-electron chi connectivity index (χ0n) is 13.5. The molecule has 122 valence electrons. The zero-order valence-corrected chi connectivity index (χ0v) is 14.3. The molecular weight excluding hydrogens is 306 g/mol. The van der Waals surface area contributed by atoms with Gasteiger partial charge in [0.05, 0.1) is 12.0 Å². The van der Waals surface area contributed by atoms with Crippen LogP contribution in [0.5, 0.6) is 0 Å². The van der Waals surface area contributed by atoms with Crippen LogP contribution in [0.4, 0.5) is 0 Å². The van der Waals surface area contributed by atoms with E-state index in [0.29, 0.717) is 0 Å². The average molecular weight is 329 g/mol. The van der Waals surface area contributed by atoms with Crippen LogP contribution in [0.3, 0.4) is 0 Å². The number of aliphatic hydroxyl groups is 1. The Balaban J connectivity index is 1.94. The SMILES string of the molecule is CC[C@H](C(=O)NC[C@H](O)c1ccc(SC)cc1)c1ccccc1. The maximum absolute atomic E-state index is 12.4. The standard InChI is InChI=1S/C19H23NO2S/c1-3-17(14-7-5-4-6-8-14)19(22)20-13-18(21)15-9-11-16(23-2)12-10-15/h4-12,17-18,21H,3,13H2,1-2H3,(H,20,22)/t17-,18-/m0/s1. The molecule has 0 saturated heterocycles. The van der Waals surface area contributed by atoms with Gasteiger partial charge in [-0.3, -0.25) is 4.79 Å². The Labute approximate surface area is 142 Å². The van der Waals surface area contributed by atoms with Crippen LogP contribution in [-0.2, 0) is 4.79 Å². The lowest BCUT2D eigenvalue weighted by atomic mass is 9.95. The number of hydrogen-bond acceptors (Lipinski definition) is 3. The third-order valence-corrected chi connectivity index (χ3v) is 4.64. The van der Waals surface area contributed by atoms with Gasteiger partial charge in [-0.25, -0.2) is 0 Å². The third kappa shape index (κ3) is 4.85. The molecule has 0 radical (unpaired) electrons. The second-order valence-corrected chi connectivity index (χ2v) is 6.29. The Hall–Kier alpha value is -1.78. The molecule has 0 aliphatic rings. The van der Waals surface area contributed by atoms with E-state index in [9.17, 15) is 9.90 Å². The first kappa shape index (κ1) is 17.6. The van der Waals surface area contributed by atoms with Gasteiger partial charge in [0.15, 0.2) is 0 Å². The van der Waals surface area contributed by atoms with E-state index < -0.39 is 6.10 Å². The molecule has 4 heteroatoms. The first-order chi connectivity index (χ1) is 11.2. The van der Waals surface area contributed by atoms with Crippen molar-refractivity contribution in [1.82, 2.24) is 5.32 Å². The van der Waals surface area contributed by atoms with Crippen molar-refractivity contribution < 1.29 is 9.90 Å². The summed E-state index contributed by atoms with van der Waals surface area (Å²) in [5.74, 6) is -0.222. The molecule has 0 fully saturated rings. The lowest BCUT2D eigenvalue weighted by Crippen LogP contribution is -2.32. The molecule has 0 aromatic heterocycles. The minimum absolute atomic E-state index is 0.0431. The van der Waals surface area contributed by atoms with E-state index >= 15 is 0 Å². The highest BCUT2D eigenvalue weighted by Crippen LogP contribution is 2.21. The van der Waals surface area contributed by atoms with E-state index in [0.717, 1.165) is 22.4 Å². The number of carbonyl (C=O) groups excluding carboxylic acids is 1. The molecule has 2 N–H and O–H groups in total. The summed E-state index contributed by atoms with van der Waals surface area (Å²) in [6.45, 7) is 2.22. The number of nitrogens with one attached hydrogen (secondary N) is 1. The summed E-state index contributed by atoms with van der Waals surface area (Å²) in [4.78, 5) is 13.5. The van der Waals surface area contributed by atoms with Crippen LogP contribution >= 0.6 is 11.8 Å². The monoisotopic (exact) mass is 329 g/mol. The molecule has 1 amide bonds. The maximum Gasteiger partial charge on any atom is 0.227 e. The lowest BCUT2D eigenvalue weighted by Gasteiger charge is -2.18. The molecule has 2 aromatic carbocycles. The molecule has 23 heavy (non-hydrogen) atoms. The molecule has 2 aromatic rings. The number of benzene rings is 2. The van der Waals surface area contributed by atoms with Crippen molar-refractivity contribution in [3.63, 3.8) is 0 Å². The van der Waals surface area contributed by atoms with Gasteiger partial charge in [0.2, 0.25) is 5.91 Å². The highest BCUT2D eigenvalue weighted by molar-refractivity contribution is 7.98. The van der Waals surface area contributed by atoms with Crippen LogP contribution in [0.2, 0.25) is 0 Å². The Morgan fingerprint density at radius 2 is 1.74 bits per heavy atom. The lowest BCUT2D eigenvalue weighted by molar-refractivity contribution is -0.123. The quantitative estimate of drug-likeness (QED) is 0.761. The van der Waals surface area contributed by atoms with E-state index in [4.69, 9.17) is 0 Å². The second kappa shape index (κ2) is 8.75. The smallest absolute Gasteiger partial charge is 0.227 e. The molecular formula is C19H23NO2S. The fraction of sp³-hybridized carbons (Fsp3) is 0.316. The Morgan fingerprint density at radius 3 is 2.30 bits per heavy atom. The van der Waals surface area contributed by atoms with Crippen LogP contribution in [-0.4, -0.2) is 23.8 Å². The number of carbonyl (C=O) groups is 1. The van der Waals surface area contributed by atoms with E-state index in [1.54, 1.807) is 11.8 Å². The Bertz CT molecular complexity index is 613. The van der Waals surface area contributed by atoms with Crippen molar-refractivity contribution in [2.24, 2.45) is 0 Å². The highest BCUT2D eigenvalue weighted by Gasteiger charge is 2.19. The fourth-order valence-electron chi connectivity index (χ4n) is 2.52. The van der Waals surface area contributed by atoms with E-state index in [-0.39, 0.29) is 18.4 Å². The minimum Gasteiger partial charge on any atom is -0.387 e. The van der Waals surface area contributed by atoms with Gasteiger partial charge in [-0.2, -0.15) is 0 Å². The van der Waals surface area contributed by atoms with Gasteiger partial charge in [-0.05, 0) is 35.9 Å². The zero-order chi connectivity index (χ0) is 16.7. The summed E-state index contributed by atoms with van der Waals surface area (Å²) in [5.41, 5.74) is 1.82. The largest absolute Gasteiger partial charge is 0.387 e. The number of thioether (sulfide) groups is 1. The molecule has 2 rings (SSSR count). The summed E-state index contributed by atoms with van der Waals surface area (Å²) >= 11 is 1.66. The van der Waals surface area contributed by atoms with Gasteiger partial charge in [0.1, 0.15) is 0 Å². The van der Waals surface area contributed by atoms with Crippen molar-refractivity contribution in [2.75, 3.05) is 12.8 Å². The number of amides is 1. The predicted molar refractivity (Wildman–Crippen MR) is 95.7 cm³/mol. The summed E-state index contributed by atoms with van der Waals surface area (Å²) in [7, 11) is 0. The third-order valence-electron chi connectivity index (χ3n) is 3.90. The molecule has 2 atom stereocenters. The molecule has 0 spiro atoms. The van der Waals surface area contributed by atoms with Crippen molar-refractivity contribution in [3.05, 3.63) is 65.7 Å². The van der Waals surface area contributed by atoms with E-state index in [2.05, 4.69) is 5.32 Å². The first-order valence-electron chi connectivity index (χ1n) is 7.80. The molecule has 0 aliphatic carbocycles. The van der Waals surface area contributed by atoms with Gasteiger partial charge >= 0.3 is 0 Å². The maximum atomic E-state index is 12.4. The molecule has 0 saturated carbocycles. The Kier molecular flexibility index (Phi) is 6.68. The van der Waals surface area contributed by atoms with Gasteiger partial charge in [0.25, 0.3) is 0 Å². The van der Waals surface area contributed by atoms with Gasteiger partial charge in [-0.15, -0.1) is 11.8 Å². The van der Waals surface area contributed by atoms with Gasteiger partial charge < -0.3 is 10.4 Å². The van der Waals surface area contributed by atoms with Gasteiger partial charge in [-0.1, -0.05) is 49.4 Å². The minimum atomic E-state index is -0.692. The Morgan fingerprint density at radius 1 is 1.09 bits per heavy atom. The van der Waals surface area contributed by atoms with E-state index in [1.807, 2.05) is 67.8 Å². The average Bonchev–Trinajstić information content (AvgIpc) is 2.61. The first-order valence-corrected chi connectivity index (χ1v) is 9.02. The summed E-state index contributed by atoms with van der Waals surface area (Å²) in [6.07, 6.45) is 2.05. The molecule has 3 nitrogen and oxygen atoms in total. The summed E-state index contributed by atoms with van der Waals surface area (Å²) in [6, 6.07) is 17.5. The van der Waals surface area contributed by atoms with Crippen molar-refractivity contribution in [2.45, 2.75) is 30.3 Å². The number of aliphatic hydroxyl groups excluding tert-OH is 1. The van der Waals surface area contributed by atoms with Crippen LogP contribution in [0.15, 0.2) is 59.5 Å². The molecule has 0 aliphatic heterocycles. The van der Waals surface area contributed by atoms with Crippen LogP contribution in [0.25, 0.3) is 0 Å². The second-order valence-electron chi connectivity index (χ2n) is 5.41. The van der Waals surface area contributed by atoms with Crippen LogP contribution in [0, 0.1) is 0 Å². The molecule has 0 heterocycles. The van der Waals surface area contributed by atoms with Gasteiger partial charge in [0, 0.05) is 11.4 Å². The van der Waals surface area contributed by atoms with Crippen LogP contribution in [0.1, 0.15) is 36.5 Å². The number of rotatable bonds is 7. The van der Waals surface area contributed by atoms with Crippen molar-refractivity contribution in [1.29, 1.82) is 0 Å². The van der Waals surface area contributed by atoms with Crippen LogP contribution < -0.4 is 5.32 Å². The molecule has 0 bridgehead atoms. The van der Waals surface area contributed by atoms with E-state index in [1.165, 1.54) is 0 Å². The summed E-state index contributed by atoms with van der Waals surface area (Å²) in [5, 5.41) is 13.1. The topological polar surface area (TPSA) is 49.3 Å². The number of hydrogen-bond donors (Lipinski definition) is 2. The van der Waals surface area contributed by atoms with Crippen molar-refractivity contribution >= 4 is 17.7 Å².